The minimum atomic E-state index is -0.0648. The van der Waals surface area contributed by atoms with Crippen LogP contribution in [0.15, 0.2) is 53.7 Å². The number of hydrogen-bond donors (Lipinski definition) is 1. The van der Waals surface area contributed by atoms with E-state index in [0.29, 0.717) is 6.42 Å². The van der Waals surface area contributed by atoms with Crippen molar-refractivity contribution in [1.29, 1.82) is 0 Å². The lowest BCUT2D eigenvalue weighted by atomic mass is 10.0. The Labute approximate surface area is 136 Å². The molecule has 0 saturated heterocycles. The van der Waals surface area contributed by atoms with Crippen molar-refractivity contribution in [2.24, 2.45) is 0 Å². The number of nitrogens with zero attached hydrogens (tertiary/aromatic N) is 3. The van der Waals surface area contributed by atoms with Crippen LogP contribution in [0.5, 0.6) is 0 Å². The van der Waals surface area contributed by atoms with E-state index in [1.807, 2.05) is 24.3 Å². The van der Waals surface area contributed by atoms with Gasteiger partial charge < -0.3 is 4.90 Å². The van der Waals surface area contributed by atoms with Gasteiger partial charge in [0.15, 0.2) is 0 Å². The van der Waals surface area contributed by atoms with E-state index in [1.54, 1.807) is 23.3 Å². The van der Waals surface area contributed by atoms with Crippen LogP contribution in [0.1, 0.15) is 31.9 Å². The second kappa shape index (κ2) is 5.91. The Morgan fingerprint density at radius 3 is 2.87 bits per heavy atom. The smallest absolute Gasteiger partial charge is 0.276 e. The maximum absolute atomic E-state index is 12.8. The summed E-state index contributed by atoms with van der Waals surface area (Å²) in [5.41, 5.74) is 1.69. The second-order valence-corrected chi connectivity index (χ2v) is 6.71. The number of hydrogen-bond acceptors (Lipinski definition) is 3. The largest absolute Gasteiger partial charge is 0.348 e. The van der Waals surface area contributed by atoms with Crippen LogP contribution in [-0.4, -0.2) is 31.7 Å². The highest BCUT2D eigenvalue weighted by Crippen LogP contribution is 2.24. The van der Waals surface area contributed by atoms with E-state index in [-0.39, 0.29) is 11.1 Å². The lowest BCUT2D eigenvalue weighted by molar-refractivity contribution is 0.226. The molecule has 1 aliphatic rings. The Morgan fingerprint density at radius 2 is 2.17 bits per heavy atom. The molecule has 3 heterocycles. The molecule has 2 aromatic heterocycles. The van der Waals surface area contributed by atoms with E-state index in [4.69, 9.17) is 0 Å². The van der Waals surface area contributed by atoms with Gasteiger partial charge in [-0.25, -0.2) is 4.68 Å². The Kier molecular flexibility index (Phi) is 3.94. The fourth-order valence-corrected chi connectivity index (χ4v) is 2.74. The monoisotopic (exact) mass is 310 g/mol. The van der Waals surface area contributed by atoms with Crippen molar-refractivity contribution in [3.05, 3.63) is 70.4 Å². The maximum atomic E-state index is 12.8. The van der Waals surface area contributed by atoms with Gasteiger partial charge in [0.05, 0.1) is 0 Å². The summed E-state index contributed by atoms with van der Waals surface area (Å²) < 4.78 is 1.63. The fraction of sp³-hybridized carbons (Fsp3) is 0.333. The average Bonchev–Trinajstić information content (AvgIpc) is 2.88. The highest BCUT2D eigenvalue weighted by molar-refractivity contribution is 5.49. The van der Waals surface area contributed by atoms with E-state index in [9.17, 15) is 4.79 Å². The molecule has 0 radical (unpaired) electrons. The van der Waals surface area contributed by atoms with Gasteiger partial charge in [0.1, 0.15) is 5.82 Å². The molecule has 0 fully saturated rings. The van der Waals surface area contributed by atoms with Crippen molar-refractivity contribution < 1.29 is 0 Å². The zero-order valence-corrected chi connectivity index (χ0v) is 13.8. The average molecular weight is 310 g/mol. The maximum Gasteiger partial charge on any atom is 0.276 e. The van der Waals surface area contributed by atoms with E-state index in [1.165, 1.54) is 0 Å². The van der Waals surface area contributed by atoms with Gasteiger partial charge in [0.2, 0.25) is 0 Å². The summed E-state index contributed by atoms with van der Waals surface area (Å²) in [5, 5.41) is 3.11. The Bertz CT molecular complexity index is 790. The number of nitrogens with one attached hydrogen (secondary N) is 1. The highest BCUT2D eigenvalue weighted by atomic mass is 16.1. The molecule has 120 valence electrons. The first-order chi connectivity index (χ1) is 11.0. The van der Waals surface area contributed by atoms with Gasteiger partial charge >= 0.3 is 0 Å². The van der Waals surface area contributed by atoms with Crippen LogP contribution in [0.3, 0.4) is 0 Å². The normalized spacial score (nSPS) is 14.9. The first kappa shape index (κ1) is 15.3. The standard InChI is InChI=1S/C18H22N4O/c1-18(2,3)21-10-5-4-8-16(21)22-17(23)15(13-20-22)11-14-7-6-9-19-12-14/h4-9,12-13,20H,10-11H2,1-3H3. The lowest BCUT2D eigenvalue weighted by Gasteiger charge is -2.39. The van der Waals surface area contributed by atoms with Crippen molar-refractivity contribution in [3.63, 3.8) is 0 Å². The SMILES string of the molecule is CC(C)(C)N1CC=CC=C1n1[nH]cc(Cc2cccnc2)c1=O. The van der Waals surface area contributed by atoms with Gasteiger partial charge in [-0.05, 0) is 38.5 Å². The Morgan fingerprint density at radius 1 is 1.35 bits per heavy atom. The molecule has 2 aromatic rings. The summed E-state index contributed by atoms with van der Waals surface area (Å²) in [7, 11) is 0. The zero-order valence-electron chi connectivity index (χ0n) is 13.8. The molecule has 0 unspecified atom stereocenters. The van der Waals surface area contributed by atoms with Crippen LogP contribution in [0.4, 0.5) is 0 Å². The molecule has 0 aliphatic carbocycles. The third-order valence-electron chi connectivity index (χ3n) is 3.95. The van der Waals surface area contributed by atoms with Crippen LogP contribution in [0.2, 0.25) is 0 Å². The second-order valence-electron chi connectivity index (χ2n) is 6.71. The number of H-pyrrole nitrogens is 1. The van der Waals surface area contributed by atoms with Crippen molar-refractivity contribution in [1.82, 2.24) is 19.7 Å². The van der Waals surface area contributed by atoms with Crippen molar-refractivity contribution in [2.75, 3.05) is 6.54 Å². The van der Waals surface area contributed by atoms with Gasteiger partial charge in [0.25, 0.3) is 5.56 Å². The first-order valence-corrected chi connectivity index (χ1v) is 7.80. The molecule has 3 rings (SSSR count). The van der Waals surface area contributed by atoms with Crippen LogP contribution in [0.25, 0.3) is 5.82 Å². The summed E-state index contributed by atoms with van der Waals surface area (Å²) in [6, 6.07) is 3.87. The minimum Gasteiger partial charge on any atom is -0.348 e. The molecule has 5 heteroatoms. The van der Waals surface area contributed by atoms with Crippen LogP contribution >= 0.6 is 0 Å². The molecule has 0 aromatic carbocycles. The molecule has 23 heavy (non-hydrogen) atoms. The summed E-state index contributed by atoms with van der Waals surface area (Å²) in [6.07, 6.45) is 12.0. The third kappa shape index (κ3) is 3.13. The molecule has 1 N–H and O–H groups in total. The quantitative estimate of drug-likeness (QED) is 0.948. The fourth-order valence-electron chi connectivity index (χ4n) is 2.74. The summed E-state index contributed by atoms with van der Waals surface area (Å²) in [6.45, 7) is 7.22. The van der Waals surface area contributed by atoms with Crippen molar-refractivity contribution in [2.45, 2.75) is 32.7 Å². The van der Waals surface area contributed by atoms with Gasteiger partial charge in [0, 0.05) is 42.7 Å². The van der Waals surface area contributed by atoms with E-state index < -0.39 is 0 Å². The van der Waals surface area contributed by atoms with Gasteiger partial charge in [-0.15, -0.1) is 0 Å². The van der Waals surface area contributed by atoms with Crippen molar-refractivity contribution >= 4 is 5.82 Å². The number of allylic oxidation sites excluding steroid dienone is 2. The van der Waals surface area contributed by atoms with Crippen molar-refractivity contribution in [3.8, 4) is 0 Å². The van der Waals surface area contributed by atoms with Crippen LogP contribution < -0.4 is 5.56 Å². The Balaban J connectivity index is 1.94. The molecule has 0 atom stereocenters. The van der Waals surface area contributed by atoms with Gasteiger partial charge in [-0.3, -0.25) is 14.9 Å². The lowest BCUT2D eigenvalue weighted by Crippen LogP contribution is -2.44. The minimum absolute atomic E-state index is 0.00958. The number of aromatic amines is 1. The molecule has 0 saturated carbocycles. The van der Waals surface area contributed by atoms with Crippen LogP contribution in [-0.2, 0) is 6.42 Å². The summed E-state index contributed by atoms with van der Waals surface area (Å²) in [4.78, 5) is 19.1. The molecular weight excluding hydrogens is 288 g/mol. The van der Waals surface area contributed by atoms with Gasteiger partial charge in [-0.1, -0.05) is 18.2 Å². The third-order valence-corrected chi connectivity index (χ3v) is 3.95. The highest BCUT2D eigenvalue weighted by Gasteiger charge is 2.26. The zero-order chi connectivity index (χ0) is 16.4. The van der Waals surface area contributed by atoms with Gasteiger partial charge in [-0.2, -0.15) is 0 Å². The first-order valence-electron chi connectivity index (χ1n) is 7.80. The number of aromatic nitrogens is 3. The number of pyridine rings is 1. The molecule has 0 spiro atoms. The van der Waals surface area contributed by atoms with E-state index >= 15 is 0 Å². The summed E-state index contributed by atoms with van der Waals surface area (Å²) in [5.74, 6) is 0.877. The van der Waals surface area contributed by atoms with E-state index in [2.05, 4.69) is 41.8 Å². The topological polar surface area (TPSA) is 53.9 Å². The molecule has 0 bridgehead atoms. The molecular formula is C18H22N4O. The predicted octanol–water partition coefficient (Wildman–Crippen LogP) is 2.63. The predicted molar refractivity (Wildman–Crippen MR) is 92.0 cm³/mol. The molecule has 0 amide bonds. The summed E-state index contributed by atoms with van der Waals surface area (Å²) >= 11 is 0. The van der Waals surface area contributed by atoms with Crippen LogP contribution in [0, 0.1) is 0 Å². The molecule has 5 nitrogen and oxygen atoms in total. The number of rotatable bonds is 3. The Hall–Kier alpha value is -2.56. The molecule has 1 aliphatic heterocycles. The van der Waals surface area contributed by atoms with E-state index in [0.717, 1.165) is 23.5 Å².